The highest BCUT2D eigenvalue weighted by atomic mass is 16.5. The van der Waals surface area contributed by atoms with Crippen LogP contribution in [0.2, 0.25) is 0 Å². The zero-order chi connectivity index (χ0) is 12.7. The van der Waals surface area contributed by atoms with Crippen molar-refractivity contribution in [2.75, 3.05) is 20.7 Å². The van der Waals surface area contributed by atoms with Crippen LogP contribution in [0.3, 0.4) is 0 Å². The van der Waals surface area contributed by atoms with Crippen LogP contribution in [-0.2, 0) is 11.3 Å². The summed E-state index contributed by atoms with van der Waals surface area (Å²) in [5.41, 5.74) is 1.59. The van der Waals surface area contributed by atoms with Crippen molar-refractivity contribution in [1.29, 1.82) is 5.26 Å². The third-order valence-electron chi connectivity index (χ3n) is 2.39. The largest absolute Gasteiger partial charge is 0.380 e. The molecule has 0 saturated heterocycles. The Morgan fingerprint density at radius 2 is 2.29 bits per heavy atom. The number of carbonyl (C=O) groups excluding carboxylic acids is 1. The average molecular weight is 232 g/mol. The minimum atomic E-state index is -0.0711. The van der Waals surface area contributed by atoms with Crippen LogP contribution < -0.4 is 0 Å². The minimum Gasteiger partial charge on any atom is -0.380 e. The van der Waals surface area contributed by atoms with E-state index in [1.54, 1.807) is 25.1 Å². The highest BCUT2D eigenvalue weighted by Gasteiger charge is 2.11. The van der Waals surface area contributed by atoms with E-state index < -0.39 is 0 Å². The van der Waals surface area contributed by atoms with Gasteiger partial charge in [-0.2, -0.15) is 5.26 Å². The SMILES string of the molecule is COCc1cccc(C(=O)N(C)CCC#N)c1. The van der Waals surface area contributed by atoms with Crippen LogP contribution in [0.25, 0.3) is 0 Å². The van der Waals surface area contributed by atoms with E-state index in [0.717, 1.165) is 5.56 Å². The van der Waals surface area contributed by atoms with Gasteiger partial charge in [0.1, 0.15) is 0 Å². The number of nitrogens with zero attached hydrogens (tertiary/aromatic N) is 2. The second kappa shape index (κ2) is 6.66. The molecule has 0 aliphatic heterocycles. The summed E-state index contributed by atoms with van der Waals surface area (Å²) in [4.78, 5) is 13.5. The highest BCUT2D eigenvalue weighted by molar-refractivity contribution is 5.94. The van der Waals surface area contributed by atoms with Crippen LogP contribution >= 0.6 is 0 Å². The first-order valence-electron chi connectivity index (χ1n) is 5.39. The van der Waals surface area contributed by atoms with Gasteiger partial charge in [-0.25, -0.2) is 0 Å². The molecule has 0 heterocycles. The Bertz CT molecular complexity index is 424. The average Bonchev–Trinajstić information content (AvgIpc) is 2.35. The Morgan fingerprint density at radius 3 is 2.94 bits per heavy atom. The first-order chi connectivity index (χ1) is 8.19. The van der Waals surface area contributed by atoms with Gasteiger partial charge >= 0.3 is 0 Å². The molecule has 0 aromatic heterocycles. The summed E-state index contributed by atoms with van der Waals surface area (Å²) in [6.45, 7) is 0.937. The standard InChI is InChI=1S/C13H16N2O2/c1-15(8-4-7-14)13(16)12-6-3-5-11(9-12)10-17-2/h3,5-6,9H,4,8,10H2,1-2H3. The number of hydrogen-bond acceptors (Lipinski definition) is 3. The molecule has 0 saturated carbocycles. The van der Waals surface area contributed by atoms with Gasteiger partial charge in [-0.3, -0.25) is 4.79 Å². The van der Waals surface area contributed by atoms with E-state index in [4.69, 9.17) is 10.00 Å². The quantitative estimate of drug-likeness (QED) is 0.778. The number of nitriles is 1. The molecule has 1 aromatic rings. The molecule has 90 valence electrons. The van der Waals surface area contributed by atoms with Crippen LogP contribution in [0.4, 0.5) is 0 Å². The molecular formula is C13H16N2O2. The maximum atomic E-state index is 12.0. The first-order valence-corrected chi connectivity index (χ1v) is 5.39. The topological polar surface area (TPSA) is 53.3 Å². The summed E-state index contributed by atoms with van der Waals surface area (Å²) in [5, 5.41) is 8.48. The Labute approximate surface area is 101 Å². The van der Waals surface area contributed by atoms with E-state index >= 15 is 0 Å². The highest BCUT2D eigenvalue weighted by Crippen LogP contribution is 2.09. The number of ether oxygens (including phenoxy) is 1. The molecule has 0 bridgehead atoms. The summed E-state index contributed by atoms with van der Waals surface area (Å²) in [6.07, 6.45) is 0.347. The molecule has 0 unspecified atom stereocenters. The van der Waals surface area contributed by atoms with Gasteiger partial charge in [0, 0.05) is 26.3 Å². The lowest BCUT2D eigenvalue weighted by atomic mass is 10.1. The second-order valence-electron chi connectivity index (χ2n) is 3.77. The van der Waals surface area contributed by atoms with Gasteiger partial charge in [0.05, 0.1) is 19.1 Å². The van der Waals surface area contributed by atoms with E-state index in [1.165, 1.54) is 0 Å². The molecule has 0 radical (unpaired) electrons. The van der Waals surface area contributed by atoms with Gasteiger partial charge in [-0.15, -0.1) is 0 Å². The van der Waals surface area contributed by atoms with Crippen molar-refractivity contribution < 1.29 is 9.53 Å². The summed E-state index contributed by atoms with van der Waals surface area (Å²) in [5.74, 6) is -0.0711. The maximum Gasteiger partial charge on any atom is 0.253 e. The molecule has 0 N–H and O–H groups in total. The lowest BCUT2D eigenvalue weighted by Crippen LogP contribution is -2.27. The lowest BCUT2D eigenvalue weighted by Gasteiger charge is -2.15. The molecule has 17 heavy (non-hydrogen) atoms. The molecule has 1 rings (SSSR count). The minimum absolute atomic E-state index is 0.0711. The van der Waals surface area contributed by atoms with Crippen molar-refractivity contribution in [2.24, 2.45) is 0 Å². The van der Waals surface area contributed by atoms with Crippen LogP contribution in [0.1, 0.15) is 22.3 Å². The fraction of sp³-hybridized carbons (Fsp3) is 0.385. The molecule has 0 atom stereocenters. The Kier molecular flexibility index (Phi) is 5.18. The van der Waals surface area contributed by atoms with E-state index in [1.807, 2.05) is 24.3 Å². The Morgan fingerprint density at radius 1 is 1.53 bits per heavy atom. The van der Waals surface area contributed by atoms with Crippen molar-refractivity contribution in [3.8, 4) is 6.07 Å². The molecular weight excluding hydrogens is 216 g/mol. The van der Waals surface area contributed by atoms with Crippen molar-refractivity contribution in [2.45, 2.75) is 13.0 Å². The molecule has 1 amide bonds. The monoisotopic (exact) mass is 232 g/mol. The number of carbonyl (C=O) groups is 1. The van der Waals surface area contributed by atoms with Crippen molar-refractivity contribution in [3.63, 3.8) is 0 Å². The predicted octanol–water partition coefficient (Wildman–Crippen LogP) is 1.82. The second-order valence-corrected chi connectivity index (χ2v) is 3.77. The van der Waals surface area contributed by atoms with Crippen LogP contribution in [0.5, 0.6) is 0 Å². The zero-order valence-corrected chi connectivity index (χ0v) is 10.1. The number of methoxy groups -OCH3 is 1. The van der Waals surface area contributed by atoms with Gasteiger partial charge < -0.3 is 9.64 Å². The van der Waals surface area contributed by atoms with Gasteiger partial charge in [0.2, 0.25) is 0 Å². The van der Waals surface area contributed by atoms with E-state index in [-0.39, 0.29) is 5.91 Å². The fourth-order valence-corrected chi connectivity index (χ4v) is 1.50. The Balaban J connectivity index is 2.74. The van der Waals surface area contributed by atoms with E-state index in [2.05, 4.69) is 0 Å². The fourth-order valence-electron chi connectivity index (χ4n) is 1.50. The van der Waals surface area contributed by atoms with Gasteiger partial charge in [-0.1, -0.05) is 12.1 Å². The van der Waals surface area contributed by atoms with Crippen LogP contribution in [0, 0.1) is 11.3 Å². The van der Waals surface area contributed by atoms with Crippen molar-refractivity contribution >= 4 is 5.91 Å². The molecule has 0 fully saturated rings. The predicted molar refractivity (Wildman–Crippen MR) is 64.3 cm³/mol. The first kappa shape index (κ1) is 13.2. The lowest BCUT2D eigenvalue weighted by molar-refractivity contribution is 0.0797. The maximum absolute atomic E-state index is 12.0. The molecule has 4 nitrogen and oxygen atoms in total. The summed E-state index contributed by atoms with van der Waals surface area (Å²) >= 11 is 0. The summed E-state index contributed by atoms with van der Waals surface area (Å²) < 4.78 is 5.02. The number of amides is 1. The normalized spacial score (nSPS) is 9.71. The van der Waals surface area contributed by atoms with Gasteiger partial charge in [0.15, 0.2) is 0 Å². The number of rotatable bonds is 5. The van der Waals surface area contributed by atoms with Crippen LogP contribution in [-0.4, -0.2) is 31.5 Å². The van der Waals surface area contributed by atoms with Crippen molar-refractivity contribution in [1.82, 2.24) is 4.90 Å². The molecule has 1 aromatic carbocycles. The van der Waals surface area contributed by atoms with Gasteiger partial charge in [0.25, 0.3) is 5.91 Å². The Hall–Kier alpha value is -1.86. The molecule has 0 aliphatic rings. The summed E-state index contributed by atoms with van der Waals surface area (Å²) in [6, 6.07) is 9.35. The zero-order valence-electron chi connectivity index (χ0n) is 10.1. The molecule has 0 aliphatic carbocycles. The summed E-state index contributed by atoms with van der Waals surface area (Å²) in [7, 11) is 3.32. The van der Waals surface area contributed by atoms with E-state index in [0.29, 0.717) is 25.1 Å². The van der Waals surface area contributed by atoms with Crippen LogP contribution in [0.15, 0.2) is 24.3 Å². The van der Waals surface area contributed by atoms with Crippen molar-refractivity contribution in [3.05, 3.63) is 35.4 Å². The third-order valence-corrected chi connectivity index (χ3v) is 2.39. The van der Waals surface area contributed by atoms with E-state index in [9.17, 15) is 4.79 Å². The van der Waals surface area contributed by atoms with Gasteiger partial charge in [-0.05, 0) is 17.7 Å². The molecule has 4 heteroatoms. The molecule has 0 spiro atoms. The smallest absolute Gasteiger partial charge is 0.253 e. The number of hydrogen-bond donors (Lipinski definition) is 0. The number of benzene rings is 1. The third kappa shape index (κ3) is 3.89.